The summed E-state index contributed by atoms with van der Waals surface area (Å²) in [6, 6.07) is 6.35. The zero-order chi connectivity index (χ0) is 20.2. The number of hydrogen-bond acceptors (Lipinski definition) is 4. The standard InChI is InChI=1S/C22H38N4O2.HI/c1-5-10-26-11-9-19(17-26)15-24-22(23-3)25-16-20-8-7-18(2)14-21(20)28-13-6-12-27-4;/h7-8,14,19H,5-6,9-13,15-17H2,1-4H3,(H2,23,24,25);1H. The van der Waals surface area contributed by atoms with E-state index >= 15 is 0 Å². The van der Waals surface area contributed by atoms with Crippen LogP contribution in [-0.4, -0.2) is 64.4 Å². The predicted molar refractivity (Wildman–Crippen MR) is 132 cm³/mol. The summed E-state index contributed by atoms with van der Waals surface area (Å²) in [4.78, 5) is 6.93. The Morgan fingerprint density at radius 1 is 1.28 bits per heavy atom. The number of methoxy groups -OCH3 is 1. The van der Waals surface area contributed by atoms with E-state index in [1.54, 1.807) is 7.11 Å². The summed E-state index contributed by atoms with van der Waals surface area (Å²) in [5.74, 6) is 2.48. The van der Waals surface area contributed by atoms with Crippen LogP contribution in [0.3, 0.4) is 0 Å². The van der Waals surface area contributed by atoms with Crippen LogP contribution in [0.25, 0.3) is 0 Å². The number of benzene rings is 1. The van der Waals surface area contributed by atoms with E-state index < -0.39 is 0 Å². The Bertz CT molecular complexity index is 612. The van der Waals surface area contributed by atoms with Gasteiger partial charge in [0.2, 0.25) is 0 Å². The fourth-order valence-electron chi connectivity index (χ4n) is 3.57. The van der Waals surface area contributed by atoms with Crippen LogP contribution in [0.2, 0.25) is 0 Å². The molecule has 1 aromatic carbocycles. The molecule has 1 aromatic rings. The van der Waals surface area contributed by atoms with Gasteiger partial charge in [-0.05, 0) is 50.4 Å². The highest BCUT2D eigenvalue weighted by atomic mass is 127. The highest BCUT2D eigenvalue weighted by molar-refractivity contribution is 14.0. The van der Waals surface area contributed by atoms with E-state index in [4.69, 9.17) is 9.47 Å². The summed E-state index contributed by atoms with van der Waals surface area (Å²) in [6.45, 7) is 11.0. The highest BCUT2D eigenvalue weighted by Gasteiger charge is 2.21. The summed E-state index contributed by atoms with van der Waals surface area (Å²) in [5, 5.41) is 6.92. The third kappa shape index (κ3) is 9.53. The molecule has 0 aliphatic carbocycles. The van der Waals surface area contributed by atoms with Gasteiger partial charge in [0, 0.05) is 52.4 Å². The molecule has 1 aliphatic heterocycles. The molecule has 7 heteroatoms. The fraction of sp³-hybridized carbons (Fsp3) is 0.682. The molecule has 1 unspecified atom stereocenters. The topological polar surface area (TPSA) is 58.1 Å². The minimum atomic E-state index is 0. The minimum Gasteiger partial charge on any atom is -0.493 e. The van der Waals surface area contributed by atoms with Gasteiger partial charge in [-0.25, -0.2) is 0 Å². The summed E-state index contributed by atoms with van der Waals surface area (Å²) >= 11 is 0. The van der Waals surface area contributed by atoms with Gasteiger partial charge >= 0.3 is 0 Å². The van der Waals surface area contributed by atoms with Gasteiger partial charge in [0.05, 0.1) is 6.61 Å². The number of likely N-dealkylation sites (tertiary alicyclic amines) is 1. The van der Waals surface area contributed by atoms with Crippen molar-refractivity contribution in [2.45, 2.75) is 39.7 Å². The molecule has 0 bridgehead atoms. The van der Waals surface area contributed by atoms with Crippen molar-refractivity contribution in [2.75, 3.05) is 53.6 Å². The van der Waals surface area contributed by atoms with Crippen LogP contribution < -0.4 is 15.4 Å². The molecule has 6 nitrogen and oxygen atoms in total. The summed E-state index contributed by atoms with van der Waals surface area (Å²) in [7, 11) is 3.54. The molecule has 1 fully saturated rings. The van der Waals surface area contributed by atoms with Gasteiger partial charge in [0.15, 0.2) is 5.96 Å². The van der Waals surface area contributed by atoms with Crippen molar-refractivity contribution >= 4 is 29.9 Å². The molecule has 1 saturated heterocycles. The first-order valence-electron chi connectivity index (χ1n) is 10.5. The van der Waals surface area contributed by atoms with Crippen LogP contribution >= 0.6 is 24.0 Å². The van der Waals surface area contributed by atoms with Crippen molar-refractivity contribution in [1.29, 1.82) is 0 Å². The van der Waals surface area contributed by atoms with Gasteiger partial charge in [-0.15, -0.1) is 24.0 Å². The van der Waals surface area contributed by atoms with E-state index in [1.165, 1.54) is 38.0 Å². The van der Waals surface area contributed by atoms with Gasteiger partial charge in [-0.3, -0.25) is 4.99 Å². The SMILES string of the molecule is CCCN1CCC(CNC(=NC)NCc2ccc(C)cc2OCCCOC)C1.I. The van der Waals surface area contributed by atoms with E-state index in [1.807, 2.05) is 7.05 Å². The molecule has 166 valence electrons. The summed E-state index contributed by atoms with van der Waals surface area (Å²) < 4.78 is 11.1. The molecule has 0 amide bonds. The summed E-state index contributed by atoms with van der Waals surface area (Å²) in [5.41, 5.74) is 2.34. The predicted octanol–water partition coefficient (Wildman–Crippen LogP) is 3.43. The highest BCUT2D eigenvalue weighted by Crippen LogP contribution is 2.20. The lowest BCUT2D eigenvalue weighted by Gasteiger charge is -2.18. The molecule has 2 rings (SSSR count). The van der Waals surface area contributed by atoms with Crippen molar-refractivity contribution in [1.82, 2.24) is 15.5 Å². The second-order valence-electron chi connectivity index (χ2n) is 7.57. The maximum atomic E-state index is 5.98. The van der Waals surface area contributed by atoms with Gasteiger partial charge < -0.3 is 25.0 Å². The number of guanidine groups is 1. The first-order valence-corrected chi connectivity index (χ1v) is 10.5. The lowest BCUT2D eigenvalue weighted by Crippen LogP contribution is -2.40. The van der Waals surface area contributed by atoms with Crippen molar-refractivity contribution in [3.63, 3.8) is 0 Å². The number of nitrogens with one attached hydrogen (secondary N) is 2. The Morgan fingerprint density at radius 3 is 2.83 bits per heavy atom. The summed E-state index contributed by atoms with van der Waals surface area (Å²) in [6.07, 6.45) is 3.38. The van der Waals surface area contributed by atoms with E-state index in [2.05, 4.69) is 52.6 Å². The van der Waals surface area contributed by atoms with Crippen molar-refractivity contribution in [3.8, 4) is 5.75 Å². The van der Waals surface area contributed by atoms with E-state index in [-0.39, 0.29) is 24.0 Å². The molecular formula is C22H39IN4O2. The van der Waals surface area contributed by atoms with Crippen molar-refractivity contribution in [2.24, 2.45) is 10.9 Å². The lowest BCUT2D eigenvalue weighted by atomic mass is 10.1. The first kappa shape index (κ1) is 26.0. The Morgan fingerprint density at radius 2 is 2.10 bits per heavy atom. The molecular weight excluding hydrogens is 479 g/mol. The van der Waals surface area contributed by atoms with Gasteiger partial charge in [0.25, 0.3) is 0 Å². The second kappa shape index (κ2) is 14.8. The monoisotopic (exact) mass is 518 g/mol. The zero-order valence-electron chi connectivity index (χ0n) is 18.5. The van der Waals surface area contributed by atoms with Gasteiger partial charge in [0.1, 0.15) is 5.75 Å². The minimum absolute atomic E-state index is 0. The van der Waals surface area contributed by atoms with Crippen molar-refractivity contribution in [3.05, 3.63) is 29.3 Å². The number of aryl methyl sites for hydroxylation is 1. The molecule has 2 N–H and O–H groups in total. The van der Waals surface area contributed by atoms with Crippen molar-refractivity contribution < 1.29 is 9.47 Å². The average molecular weight is 518 g/mol. The first-order chi connectivity index (χ1) is 13.7. The largest absolute Gasteiger partial charge is 0.493 e. The molecule has 1 atom stereocenters. The number of rotatable bonds is 11. The Kier molecular flexibility index (Phi) is 13.3. The van der Waals surface area contributed by atoms with Crippen LogP contribution in [-0.2, 0) is 11.3 Å². The maximum Gasteiger partial charge on any atom is 0.191 e. The Balaban J connectivity index is 0.00000420. The van der Waals surface area contributed by atoms with E-state index in [0.29, 0.717) is 25.7 Å². The van der Waals surface area contributed by atoms with Crippen LogP contribution in [0.15, 0.2) is 23.2 Å². The molecule has 0 saturated carbocycles. The number of ether oxygens (including phenoxy) is 2. The molecule has 29 heavy (non-hydrogen) atoms. The number of hydrogen-bond donors (Lipinski definition) is 2. The Labute approximate surface area is 193 Å². The third-order valence-electron chi connectivity index (χ3n) is 5.11. The van der Waals surface area contributed by atoms with Gasteiger partial charge in [-0.2, -0.15) is 0 Å². The molecule has 1 aliphatic rings. The van der Waals surface area contributed by atoms with E-state index in [0.717, 1.165) is 30.2 Å². The maximum absolute atomic E-state index is 5.98. The molecule has 0 spiro atoms. The lowest BCUT2D eigenvalue weighted by molar-refractivity contribution is 0.171. The molecule has 0 radical (unpaired) electrons. The van der Waals surface area contributed by atoms with Gasteiger partial charge in [-0.1, -0.05) is 19.1 Å². The van der Waals surface area contributed by atoms with Crippen LogP contribution in [0.4, 0.5) is 0 Å². The number of nitrogens with zero attached hydrogens (tertiary/aromatic N) is 2. The quantitative estimate of drug-likeness (QED) is 0.204. The van der Waals surface area contributed by atoms with Crippen LogP contribution in [0, 0.1) is 12.8 Å². The van der Waals surface area contributed by atoms with Crippen LogP contribution in [0.5, 0.6) is 5.75 Å². The molecule has 1 heterocycles. The average Bonchev–Trinajstić information content (AvgIpc) is 3.14. The third-order valence-corrected chi connectivity index (χ3v) is 5.11. The number of aliphatic imine (C=N–C) groups is 1. The van der Waals surface area contributed by atoms with E-state index in [9.17, 15) is 0 Å². The van der Waals surface area contributed by atoms with Crippen LogP contribution in [0.1, 0.15) is 37.3 Å². The second-order valence-corrected chi connectivity index (χ2v) is 7.57. The molecule has 0 aromatic heterocycles. The number of halogens is 1. The normalized spacial score (nSPS) is 17.1. The zero-order valence-corrected chi connectivity index (χ0v) is 20.8. The Hall–Kier alpha value is -1.06. The smallest absolute Gasteiger partial charge is 0.191 e. The fourth-order valence-corrected chi connectivity index (χ4v) is 3.57.